The van der Waals surface area contributed by atoms with Crippen LogP contribution in [-0.2, 0) is 6.42 Å². The van der Waals surface area contributed by atoms with Gasteiger partial charge in [-0.05, 0) is 31.2 Å². The first-order valence-corrected chi connectivity index (χ1v) is 10.4. The molecule has 1 aromatic rings. The summed E-state index contributed by atoms with van der Waals surface area (Å²) in [7, 11) is 0. The number of carbonyl (C=O) groups is 1. The number of likely N-dealkylation sites (tertiary alicyclic amines) is 1. The molecule has 1 amide bonds. The molecule has 25 heavy (non-hydrogen) atoms. The first-order chi connectivity index (χ1) is 12.0. The fourth-order valence-electron chi connectivity index (χ4n) is 3.71. The van der Waals surface area contributed by atoms with Gasteiger partial charge in [-0.25, -0.2) is 4.79 Å². The Hall–Kier alpha value is -1.34. The molecule has 2 fully saturated rings. The second kappa shape index (κ2) is 8.36. The zero-order valence-corrected chi connectivity index (χ0v) is 16.0. The second-order valence-electron chi connectivity index (χ2n) is 7.37. The molecule has 0 radical (unpaired) electrons. The van der Waals surface area contributed by atoms with E-state index in [4.69, 9.17) is 0 Å². The smallest absolute Gasteiger partial charge is 0.337 e. The van der Waals surface area contributed by atoms with Gasteiger partial charge in [0.25, 0.3) is 5.91 Å². The van der Waals surface area contributed by atoms with E-state index in [9.17, 15) is 9.59 Å². The Morgan fingerprint density at radius 1 is 1.28 bits per heavy atom. The molecule has 138 valence electrons. The lowest BCUT2D eigenvalue weighted by molar-refractivity contribution is 0.0624. The first kappa shape index (κ1) is 18.5. The maximum atomic E-state index is 12.8. The van der Waals surface area contributed by atoms with E-state index in [0.29, 0.717) is 12.0 Å². The standard InChI is InChI=1S/C18H28N4O2S/c1-13(2)11-14-12-16(20-18(24)19-14)17(23)22-5-3-15(4-6-22)21-7-9-25-10-8-21/h12-13,15H,3-11H2,1-2H3,(H,19,20,24). The molecule has 2 aliphatic heterocycles. The van der Waals surface area contributed by atoms with Crippen LogP contribution in [0.15, 0.2) is 10.9 Å². The summed E-state index contributed by atoms with van der Waals surface area (Å²) in [5.41, 5.74) is 0.647. The molecule has 0 saturated carbocycles. The molecule has 2 aliphatic rings. The predicted molar refractivity (Wildman–Crippen MR) is 101 cm³/mol. The quantitative estimate of drug-likeness (QED) is 0.879. The highest BCUT2D eigenvalue weighted by Gasteiger charge is 2.28. The molecule has 2 saturated heterocycles. The number of nitrogens with zero attached hydrogens (tertiary/aromatic N) is 3. The third-order valence-corrected chi connectivity index (χ3v) is 5.90. The van der Waals surface area contributed by atoms with E-state index in [2.05, 4.69) is 28.7 Å². The van der Waals surface area contributed by atoms with Gasteiger partial charge >= 0.3 is 5.69 Å². The van der Waals surface area contributed by atoms with Crippen molar-refractivity contribution in [1.82, 2.24) is 19.8 Å². The Morgan fingerprint density at radius 2 is 1.96 bits per heavy atom. The first-order valence-electron chi connectivity index (χ1n) is 9.24. The molecule has 6 nitrogen and oxygen atoms in total. The SMILES string of the molecule is CC(C)Cc1cc(C(=O)N2CCC(N3CCSCC3)CC2)nc(=O)[nH]1. The van der Waals surface area contributed by atoms with Crippen molar-refractivity contribution >= 4 is 17.7 Å². The van der Waals surface area contributed by atoms with Gasteiger partial charge in [0.05, 0.1) is 0 Å². The third-order valence-electron chi connectivity index (χ3n) is 4.96. The number of H-pyrrole nitrogens is 1. The van der Waals surface area contributed by atoms with E-state index in [0.717, 1.165) is 51.1 Å². The number of nitrogens with one attached hydrogen (secondary N) is 1. The van der Waals surface area contributed by atoms with Crippen LogP contribution in [-0.4, -0.2) is 69.4 Å². The molecule has 0 aromatic carbocycles. The van der Waals surface area contributed by atoms with Crippen LogP contribution in [0.25, 0.3) is 0 Å². The minimum Gasteiger partial charge on any atom is -0.337 e. The Morgan fingerprint density at radius 3 is 2.60 bits per heavy atom. The topological polar surface area (TPSA) is 69.3 Å². The lowest BCUT2D eigenvalue weighted by atomic mass is 10.0. The van der Waals surface area contributed by atoms with Crippen molar-refractivity contribution in [3.05, 3.63) is 27.9 Å². The molecule has 3 heterocycles. The van der Waals surface area contributed by atoms with Crippen molar-refractivity contribution in [1.29, 1.82) is 0 Å². The number of hydrogen-bond acceptors (Lipinski definition) is 5. The Bertz CT molecular complexity index is 647. The van der Waals surface area contributed by atoms with Crippen molar-refractivity contribution < 1.29 is 4.79 Å². The summed E-state index contributed by atoms with van der Waals surface area (Å²) in [4.78, 5) is 35.6. The molecule has 0 atom stereocenters. The van der Waals surface area contributed by atoms with Crippen LogP contribution in [0.1, 0.15) is 42.9 Å². The van der Waals surface area contributed by atoms with Crippen LogP contribution < -0.4 is 5.69 Å². The number of amides is 1. The lowest BCUT2D eigenvalue weighted by Crippen LogP contribution is -2.49. The zero-order chi connectivity index (χ0) is 17.8. The number of aromatic amines is 1. The van der Waals surface area contributed by atoms with E-state index < -0.39 is 5.69 Å². The van der Waals surface area contributed by atoms with Crippen molar-refractivity contribution in [2.24, 2.45) is 5.92 Å². The molecule has 0 bridgehead atoms. The largest absolute Gasteiger partial charge is 0.345 e. The van der Waals surface area contributed by atoms with Gasteiger partial charge in [-0.1, -0.05) is 13.8 Å². The van der Waals surface area contributed by atoms with Crippen LogP contribution in [0, 0.1) is 5.92 Å². The van der Waals surface area contributed by atoms with Crippen molar-refractivity contribution in [3.8, 4) is 0 Å². The van der Waals surface area contributed by atoms with Crippen LogP contribution in [0.3, 0.4) is 0 Å². The molecule has 1 N–H and O–H groups in total. The highest BCUT2D eigenvalue weighted by atomic mass is 32.2. The molecule has 7 heteroatoms. The molecule has 1 aromatic heterocycles. The van der Waals surface area contributed by atoms with E-state index in [1.807, 2.05) is 16.7 Å². The number of aromatic nitrogens is 2. The van der Waals surface area contributed by atoms with Gasteiger partial charge in [0.2, 0.25) is 0 Å². The van der Waals surface area contributed by atoms with Crippen molar-refractivity contribution in [3.63, 3.8) is 0 Å². The Labute approximate surface area is 153 Å². The number of piperidine rings is 1. The Balaban J connectivity index is 1.62. The monoisotopic (exact) mass is 364 g/mol. The highest BCUT2D eigenvalue weighted by Crippen LogP contribution is 2.21. The van der Waals surface area contributed by atoms with Gasteiger partial charge in [-0.3, -0.25) is 9.69 Å². The van der Waals surface area contributed by atoms with Crippen LogP contribution in [0.2, 0.25) is 0 Å². The maximum Gasteiger partial charge on any atom is 0.345 e. The lowest BCUT2D eigenvalue weighted by Gasteiger charge is -2.40. The fourth-order valence-corrected chi connectivity index (χ4v) is 4.64. The molecule has 3 rings (SSSR count). The average molecular weight is 365 g/mol. The number of hydrogen-bond donors (Lipinski definition) is 1. The summed E-state index contributed by atoms with van der Waals surface area (Å²) in [6.07, 6.45) is 2.77. The van der Waals surface area contributed by atoms with Gasteiger partial charge in [0.15, 0.2) is 0 Å². The minimum absolute atomic E-state index is 0.108. The summed E-state index contributed by atoms with van der Waals surface area (Å²) >= 11 is 2.03. The summed E-state index contributed by atoms with van der Waals surface area (Å²) in [6, 6.07) is 2.34. The van der Waals surface area contributed by atoms with Crippen molar-refractivity contribution in [2.75, 3.05) is 37.7 Å². The van der Waals surface area contributed by atoms with E-state index >= 15 is 0 Å². The summed E-state index contributed by atoms with van der Waals surface area (Å²) in [5, 5.41) is 0. The molecule has 0 aliphatic carbocycles. The average Bonchev–Trinajstić information content (AvgIpc) is 2.61. The number of carbonyl (C=O) groups excluding carboxylic acids is 1. The Kier molecular flexibility index (Phi) is 6.17. The molecule has 0 unspecified atom stereocenters. The minimum atomic E-state index is -0.429. The zero-order valence-electron chi connectivity index (χ0n) is 15.2. The number of thioether (sulfide) groups is 1. The predicted octanol–water partition coefficient (Wildman–Crippen LogP) is 1.62. The van der Waals surface area contributed by atoms with Crippen LogP contribution in [0.5, 0.6) is 0 Å². The third kappa shape index (κ3) is 4.85. The van der Waals surface area contributed by atoms with E-state index in [1.54, 1.807) is 6.07 Å². The molecular weight excluding hydrogens is 336 g/mol. The van der Waals surface area contributed by atoms with E-state index in [-0.39, 0.29) is 11.6 Å². The van der Waals surface area contributed by atoms with Crippen LogP contribution >= 0.6 is 11.8 Å². The maximum absolute atomic E-state index is 12.8. The molecule has 0 spiro atoms. The second-order valence-corrected chi connectivity index (χ2v) is 8.59. The van der Waals surface area contributed by atoms with Gasteiger partial charge in [-0.15, -0.1) is 0 Å². The molecular formula is C18H28N4O2S. The van der Waals surface area contributed by atoms with Gasteiger partial charge in [0, 0.05) is 49.4 Å². The fraction of sp³-hybridized carbons (Fsp3) is 0.722. The van der Waals surface area contributed by atoms with Gasteiger partial charge in [-0.2, -0.15) is 16.7 Å². The van der Waals surface area contributed by atoms with Gasteiger partial charge in [0.1, 0.15) is 5.69 Å². The summed E-state index contributed by atoms with van der Waals surface area (Å²) < 4.78 is 0. The highest BCUT2D eigenvalue weighted by molar-refractivity contribution is 7.99. The van der Waals surface area contributed by atoms with Crippen LogP contribution in [0.4, 0.5) is 0 Å². The number of rotatable bonds is 4. The normalized spacial score (nSPS) is 20.2. The van der Waals surface area contributed by atoms with Crippen molar-refractivity contribution in [2.45, 2.75) is 39.2 Å². The van der Waals surface area contributed by atoms with E-state index in [1.165, 1.54) is 11.5 Å². The summed E-state index contributed by atoms with van der Waals surface area (Å²) in [6.45, 7) is 8.01. The van der Waals surface area contributed by atoms with Gasteiger partial charge < -0.3 is 9.88 Å². The summed E-state index contributed by atoms with van der Waals surface area (Å²) in [5.74, 6) is 2.74.